The summed E-state index contributed by atoms with van der Waals surface area (Å²) in [5, 5.41) is 14.3. The molecule has 12 heteroatoms. The number of alkyl carbamates (subject to hydrolysis) is 1. The monoisotopic (exact) mass is 617 g/mol. The van der Waals surface area contributed by atoms with Gasteiger partial charge in [0.25, 0.3) is 0 Å². The molecule has 2 saturated heterocycles. The van der Waals surface area contributed by atoms with Crippen LogP contribution in [-0.4, -0.2) is 79.7 Å². The van der Waals surface area contributed by atoms with E-state index in [9.17, 15) is 23.1 Å². The molecule has 4 rings (SSSR count). The highest BCUT2D eigenvalue weighted by Crippen LogP contribution is 2.57. The molecule has 0 bridgehead atoms. The van der Waals surface area contributed by atoms with Gasteiger partial charge < -0.3 is 30.4 Å². The minimum Gasteiger partial charge on any atom is -0.440 e. The molecule has 236 valence electrons. The molecule has 2 aromatic rings. The van der Waals surface area contributed by atoms with Gasteiger partial charge in [0.15, 0.2) is 5.79 Å². The second kappa shape index (κ2) is 12.5. The molecule has 2 amide bonds. The Bertz CT molecular complexity index is 1400. The Morgan fingerprint density at radius 1 is 1.05 bits per heavy atom. The first-order chi connectivity index (χ1) is 20.1. The normalized spacial score (nSPS) is 26.7. The Balaban J connectivity index is 1.56. The van der Waals surface area contributed by atoms with Crippen LogP contribution in [0.1, 0.15) is 57.0 Å². The van der Waals surface area contributed by atoms with Crippen molar-refractivity contribution in [3.05, 3.63) is 65.7 Å². The number of ether oxygens (including phenoxy) is 3. The van der Waals surface area contributed by atoms with Crippen molar-refractivity contribution in [1.29, 1.82) is 0 Å². The Kier molecular flexibility index (Phi) is 9.58. The molecule has 5 atom stereocenters. The molecule has 2 aliphatic heterocycles. The average Bonchev–Trinajstić information content (AvgIpc) is 3.35. The Labute approximate surface area is 253 Å². The number of hydrogen-bond acceptors (Lipinski definition) is 8. The zero-order chi connectivity index (χ0) is 31.6. The third kappa shape index (κ3) is 6.73. The smallest absolute Gasteiger partial charge is 0.408 e. The molecule has 0 aliphatic carbocycles. The second-order valence-electron chi connectivity index (χ2n) is 12.4. The van der Waals surface area contributed by atoms with Crippen molar-refractivity contribution in [2.75, 3.05) is 26.3 Å². The summed E-state index contributed by atoms with van der Waals surface area (Å²) in [6.45, 7) is 9.83. The minimum absolute atomic E-state index is 0.0402. The van der Waals surface area contributed by atoms with Crippen molar-refractivity contribution in [2.45, 2.75) is 75.9 Å². The zero-order valence-corrected chi connectivity index (χ0v) is 26.2. The van der Waals surface area contributed by atoms with Crippen LogP contribution in [0, 0.1) is 11.3 Å². The van der Waals surface area contributed by atoms with Crippen LogP contribution in [0.25, 0.3) is 0 Å². The summed E-state index contributed by atoms with van der Waals surface area (Å²) in [5.74, 6) is -1.62. The van der Waals surface area contributed by atoms with E-state index >= 15 is 0 Å². The molecule has 0 radical (unpaired) electrons. The summed E-state index contributed by atoms with van der Waals surface area (Å²) in [6, 6.07) is 13.7. The number of nitrogens with two attached hydrogens (primary N) is 1. The van der Waals surface area contributed by atoms with E-state index in [0.717, 1.165) is 5.56 Å². The van der Waals surface area contributed by atoms with Gasteiger partial charge in [0, 0.05) is 18.7 Å². The Morgan fingerprint density at radius 2 is 1.70 bits per heavy atom. The number of aliphatic hydroxyl groups is 1. The van der Waals surface area contributed by atoms with E-state index in [0.29, 0.717) is 13.0 Å². The number of primary amides is 1. The molecule has 0 aromatic heterocycles. The molecule has 43 heavy (non-hydrogen) atoms. The predicted octanol–water partition coefficient (Wildman–Crippen LogP) is 3.06. The van der Waals surface area contributed by atoms with Gasteiger partial charge in [-0.2, -0.15) is 4.31 Å². The molecule has 0 saturated carbocycles. The van der Waals surface area contributed by atoms with Crippen molar-refractivity contribution in [1.82, 2.24) is 9.62 Å². The molecular weight excluding hydrogens is 574 g/mol. The molecule has 2 aromatic carbocycles. The third-order valence-electron chi connectivity index (χ3n) is 8.89. The van der Waals surface area contributed by atoms with Gasteiger partial charge in [-0.3, -0.25) is 4.79 Å². The Hall–Kier alpha value is -3.03. The molecule has 2 heterocycles. The van der Waals surface area contributed by atoms with Crippen LogP contribution in [0.3, 0.4) is 0 Å². The van der Waals surface area contributed by atoms with Gasteiger partial charge in [-0.1, -0.05) is 51.1 Å². The van der Waals surface area contributed by atoms with Gasteiger partial charge in [0.05, 0.1) is 35.7 Å². The van der Waals surface area contributed by atoms with Gasteiger partial charge in [-0.15, -0.1) is 0 Å². The van der Waals surface area contributed by atoms with Gasteiger partial charge in [0.1, 0.15) is 5.60 Å². The number of aliphatic hydroxyl groups excluding tert-OH is 1. The molecular formula is C31H43N3O8S. The molecule has 0 spiro atoms. The van der Waals surface area contributed by atoms with Gasteiger partial charge in [-0.25, -0.2) is 13.2 Å². The lowest BCUT2D eigenvalue weighted by atomic mass is 9.70. The van der Waals surface area contributed by atoms with Crippen molar-refractivity contribution in [2.24, 2.45) is 17.1 Å². The highest BCUT2D eigenvalue weighted by molar-refractivity contribution is 7.89. The van der Waals surface area contributed by atoms with Crippen LogP contribution < -0.4 is 11.1 Å². The number of amides is 2. The number of benzene rings is 2. The molecule has 2 aliphatic rings. The van der Waals surface area contributed by atoms with E-state index in [2.05, 4.69) is 5.32 Å². The number of nitrogens with zero attached hydrogens (tertiary/aromatic N) is 1. The van der Waals surface area contributed by atoms with E-state index in [1.807, 2.05) is 65.0 Å². The topological polar surface area (TPSA) is 157 Å². The summed E-state index contributed by atoms with van der Waals surface area (Å²) in [5.41, 5.74) is 4.75. The molecule has 11 nitrogen and oxygen atoms in total. The van der Waals surface area contributed by atoms with Gasteiger partial charge in [-0.05, 0) is 62.4 Å². The fourth-order valence-electron chi connectivity index (χ4n) is 5.85. The van der Waals surface area contributed by atoms with Crippen LogP contribution in [0.2, 0.25) is 0 Å². The number of hydrogen-bond donors (Lipinski definition) is 3. The number of carbonyl (C=O) groups is 2. The summed E-state index contributed by atoms with van der Waals surface area (Å²) < 4.78 is 46.4. The van der Waals surface area contributed by atoms with E-state index in [4.69, 9.17) is 19.9 Å². The summed E-state index contributed by atoms with van der Waals surface area (Å²) in [4.78, 5) is 24.9. The lowest BCUT2D eigenvalue weighted by molar-refractivity contribution is -0.203. The van der Waals surface area contributed by atoms with E-state index in [1.54, 1.807) is 0 Å². The lowest BCUT2D eigenvalue weighted by Crippen LogP contribution is -2.55. The van der Waals surface area contributed by atoms with Crippen LogP contribution in [0.15, 0.2) is 59.5 Å². The zero-order valence-electron chi connectivity index (χ0n) is 25.4. The highest BCUT2D eigenvalue weighted by Gasteiger charge is 2.68. The fourth-order valence-corrected chi connectivity index (χ4v) is 7.47. The molecule has 2 fully saturated rings. The number of carbonyl (C=O) groups excluding carboxylic acids is 2. The maximum Gasteiger partial charge on any atom is 0.408 e. The van der Waals surface area contributed by atoms with Crippen LogP contribution in [0.4, 0.5) is 4.79 Å². The molecule has 0 unspecified atom stereocenters. The van der Waals surface area contributed by atoms with Crippen molar-refractivity contribution < 1.29 is 37.3 Å². The minimum atomic E-state index is -4.07. The number of sulfonamides is 1. The number of fused-ring (bicyclic) bond motifs is 1. The summed E-state index contributed by atoms with van der Waals surface area (Å²) >= 11 is 0. The fraction of sp³-hybridized carbons (Fsp3) is 0.548. The van der Waals surface area contributed by atoms with Crippen molar-refractivity contribution in [3.8, 4) is 0 Å². The third-order valence-corrected chi connectivity index (χ3v) is 10.7. The van der Waals surface area contributed by atoms with Crippen molar-refractivity contribution >= 4 is 22.0 Å². The largest absolute Gasteiger partial charge is 0.440 e. The standard InChI is InChI=1S/C31H43N3O8S/c1-21(2)18-34(43(38,39)24-13-11-23(12-14-24)27(32)36)19-26(35)25(17-22-9-7-6-8-10-22)33-28(37)42-30(4)20-41-31(5)29(30,3)15-16-40-31/h6-14,21,25-26,35H,15-20H2,1-5H3,(H2,32,36)(H,33,37)/t25-,26+,29-,30-,31+/m0/s1. The first-order valence-corrected chi connectivity index (χ1v) is 15.9. The van der Waals surface area contributed by atoms with Crippen LogP contribution in [-0.2, 0) is 30.7 Å². The van der Waals surface area contributed by atoms with Gasteiger partial charge >= 0.3 is 6.09 Å². The second-order valence-corrected chi connectivity index (χ2v) is 14.3. The van der Waals surface area contributed by atoms with E-state index in [1.165, 1.54) is 28.6 Å². The van der Waals surface area contributed by atoms with Crippen molar-refractivity contribution in [3.63, 3.8) is 0 Å². The number of nitrogens with one attached hydrogen (secondary N) is 1. The first-order valence-electron chi connectivity index (χ1n) is 14.5. The SMILES string of the molecule is CC(C)CN(C[C@@H](O)[C@H](Cc1ccccc1)NC(=O)O[C@@]1(C)CO[C@@]2(C)OCC[C@]21C)S(=O)(=O)c1ccc(C(N)=O)cc1. The van der Waals surface area contributed by atoms with E-state index < -0.39 is 51.0 Å². The van der Waals surface area contributed by atoms with E-state index in [-0.39, 0.29) is 42.5 Å². The van der Waals surface area contributed by atoms with Crippen LogP contribution in [0.5, 0.6) is 0 Å². The lowest BCUT2D eigenvalue weighted by Gasteiger charge is -2.40. The first kappa shape index (κ1) is 32.9. The average molecular weight is 618 g/mol. The quantitative estimate of drug-likeness (QED) is 0.328. The maximum atomic E-state index is 13.7. The summed E-state index contributed by atoms with van der Waals surface area (Å²) in [6.07, 6.45) is -1.17. The number of rotatable bonds is 12. The Morgan fingerprint density at radius 3 is 2.30 bits per heavy atom. The summed E-state index contributed by atoms with van der Waals surface area (Å²) in [7, 11) is -4.07. The molecule has 4 N–H and O–H groups in total. The van der Waals surface area contributed by atoms with Crippen LogP contribution >= 0.6 is 0 Å². The highest BCUT2D eigenvalue weighted by atomic mass is 32.2. The van der Waals surface area contributed by atoms with Gasteiger partial charge in [0.2, 0.25) is 15.9 Å². The maximum absolute atomic E-state index is 13.7. The predicted molar refractivity (Wildman–Crippen MR) is 160 cm³/mol.